The number of nitrogens with one attached hydrogen (secondary N) is 2. The molecule has 0 aliphatic heterocycles. The van der Waals surface area contributed by atoms with Gasteiger partial charge in [0.1, 0.15) is 5.75 Å². The summed E-state index contributed by atoms with van der Waals surface area (Å²) < 4.78 is 5.20. The number of hydrogen-bond acceptors (Lipinski definition) is 4. The van der Waals surface area contributed by atoms with E-state index in [1.165, 1.54) is 19.3 Å². The Kier molecular flexibility index (Phi) is 4.29. The van der Waals surface area contributed by atoms with Crippen LogP contribution in [0, 0.1) is 11.3 Å². The summed E-state index contributed by atoms with van der Waals surface area (Å²) in [5.41, 5.74) is 1.65. The molecule has 3 N–H and O–H groups in total. The molecule has 2 atom stereocenters. The van der Waals surface area contributed by atoms with Gasteiger partial charge >= 0.3 is 0 Å². The van der Waals surface area contributed by atoms with E-state index < -0.39 is 0 Å². The van der Waals surface area contributed by atoms with E-state index in [9.17, 15) is 9.90 Å². The largest absolute Gasteiger partial charge is 0.497 e. The number of rotatable bonds is 5. The Morgan fingerprint density at radius 1 is 1.32 bits per heavy atom. The zero-order chi connectivity index (χ0) is 17.4. The lowest BCUT2D eigenvalue weighted by Crippen LogP contribution is -2.41. The van der Waals surface area contributed by atoms with Gasteiger partial charge in [-0.05, 0) is 60.6 Å². The molecular weight excluding hydrogens is 316 g/mol. The summed E-state index contributed by atoms with van der Waals surface area (Å²) >= 11 is 0. The van der Waals surface area contributed by atoms with Crippen LogP contribution in [0.3, 0.4) is 0 Å². The molecule has 25 heavy (non-hydrogen) atoms. The monoisotopic (exact) mass is 342 g/mol. The SMILES string of the molecule is COc1ccc2cc(CNCC3CCC4(CCC4)C3O)c(=O)[nH]c2c1. The van der Waals surface area contributed by atoms with Crippen LogP contribution in [0.2, 0.25) is 0 Å². The van der Waals surface area contributed by atoms with E-state index >= 15 is 0 Å². The van der Waals surface area contributed by atoms with Gasteiger partial charge in [-0.15, -0.1) is 0 Å². The van der Waals surface area contributed by atoms with Crippen LogP contribution in [0.5, 0.6) is 5.75 Å². The van der Waals surface area contributed by atoms with Crippen LogP contribution in [0.4, 0.5) is 0 Å². The first-order valence-corrected chi connectivity index (χ1v) is 9.20. The summed E-state index contributed by atoms with van der Waals surface area (Å²) in [7, 11) is 1.61. The Hall–Kier alpha value is -1.85. The number of aromatic nitrogens is 1. The summed E-state index contributed by atoms with van der Waals surface area (Å²) in [6.07, 6.45) is 5.67. The Balaban J connectivity index is 1.41. The van der Waals surface area contributed by atoms with Crippen LogP contribution in [0.25, 0.3) is 10.9 Å². The van der Waals surface area contributed by atoms with E-state index in [-0.39, 0.29) is 17.1 Å². The van der Waals surface area contributed by atoms with Crippen molar-refractivity contribution in [2.45, 2.75) is 44.8 Å². The van der Waals surface area contributed by atoms with Crippen molar-refractivity contribution in [3.63, 3.8) is 0 Å². The predicted molar refractivity (Wildman–Crippen MR) is 97.8 cm³/mol. The van der Waals surface area contributed by atoms with Crippen LogP contribution in [-0.4, -0.2) is 29.8 Å². The minimum atomic E-state index is -0.184. The molecule has 0 bridgehead atoms. The summed E-state index contributed by atoms with van der Waals surface area (Å²) in [5, 5.41) is 15.0. The third-order valence-electron chi connectivity index (χ3n) is 6.29. The summed E-state index contributed by atoms with van der Waals surface area (Å²) in [6, 6.07) is 7.61. The Morgan fingerprint density at radius 3 is 2.84 bits per heavy atom. The van der Waals surface area contributed by atoms with E-state index in [2.05, 4.69) is 10.3 Å². The first-order chi connectivity index (χ1) is 12.1. The molecule has 5 heteroatoms. The Morgan fingerprint density at radius 2 is 2.16 bits per heavy atom. The molecule has 5 nitrogen and oxygen atoms in total. The number of methoxy groups -OCH3 is 1. The Bertz CT molecular complexity index is 825. The van der Waals surface area contributed by atoms with E-state index in [0.717, 1.165) is 41.6 Å². The number of aromatic amines is 1. The van der Waals surface area contributed by atoms with Crippen molar-refractivity contribution >= 4 is 10.9 Å². The Labute approximate surface area is 147 Å². The van der Waals surface area contributed by atoms with Crippen molar-refractivity contribution in [3.8, 4) is 5.75 Å². The van der Waals surface area contributed by atoms with Gasteiger partial charge in [-0.3, -0.25) is 4.79 Å². The fourth-order valence-electron chi connectivity index (χ4n) is 4.54. The second-order valence-corrected chi connectivity index (χ2v) is 7.67. The van der Waals surface area contributed by atoms with Crippen molar-refractivity contribution in [2.24, 2.45) is 11.3 Å². The van der Waals surface area contributed by atoms with Gasteiger partial charge in [-0.1, -0.05) is 6.42 Å². The fourth-order valence-corrected chi connectivity index (χ4v) is 4.54. The van der Waals surface area contributed by atoms with Crippen molar-refractivity contribution in [2.75, 3.05) is 13.7 Å². The second-order valence-electron chi connectivity index (χ2n) is 7.67. The highest BCUT2D eigenvalue weighted by atomic mass is 16.5. The summed E-state index contributed by atoms with van der Waals surface area (Å²) in [6.45, 7) is 1.29. The quantitative estimate of drug-likeness (QED) is 0.781. The van der Waals surface area contributed by atoms with Crippen LogP contribution < -0.4 is 15.6 Å². The molecule has 2 aliphatic rings. The van der Waals surface area contributed by atoms with Crippen LogP contribution in [0.1, 0.15) is 37.7 Å². The lowest BCUT2D eigenvalue weighted by atomic mass is 9.65. The minimum Gasteiger partial charge on any atom is -0.497 e. The third-order valence-corrected chi connectivity index (χ3v) is 6.29. The lowest BCUT2D eigenvalue weighted by molar-refractivity contribution is -0.0282. The second kappa shape index (κ2) is 6.46. The first kappa shape index (κ1) is 16.6. The molecule has 1 spiro atoms. The molecule has 1 heterocycles. The molecule has 2 aromatic rings. The van der Waals surface area contributed by atoms with Crippen LogP contribution >= 0.6 is 0 Å². The minimum absolute atomic E-state index is 0.0734. The number of H-pyrrole nitrogens is 1. The summed E-state index contributed by atoms with van der Waals surface area (Å²) in [4.78, 5) is 15.2. The van der Waals surface area contributed by atoms with Crippen molar-refractivity contribution in [3.05, 3.63) is 40.2 Å². The first-order valence-electron chi connectivity index (χ1n) is 9.20. The normalized spacial score (nSPS) is 24.6. The average Bonchev–Trinajstić information content (AvgIpc) is 2.92. The molecule has 2 fully saturated rings. The molecule has 2 aliphatic carbocycles. The average molecular weight is 342 g/mol. The van der Waals surface area contributed by atoms with Gasteiger partial charge in [0, 0.05) is 24.7 Å². The van der Waals surface area contributed by atoms with E-state index in [1.54, 1.807) is 7.11 Å². The highest BCUT2D eigenvalue weighted by Crippen LogP contribution is 2.54. The lowest BCUT2D eigenvalue weighted by Gasteiger charge is -2.42. The molecule has 0 saturated heterocycles. The highest BCUT2D eigenvalue weighted by Gasteiger charge is 2.50. The maximum absolute atomic E-state index is 12.3. The molecule has 4 rings (SSSR count). The number of aliphatic hydroxyl groups is 1. The number of fused-ring (bicyclic) bond motifs is 1. The van der Waals surface area contributed by atoms with Crippen molar-refractivity contribution in [1.82, 2.24) is 10.3 Å². The standard InChI is InChI=1S/C20H26N2O3/c1-25-16-4-3-13-9-15(19(24)22-17(13)10-16)12-21-11-14-5-8-20(18(14)23)6-2-7-20/h3-4,9-10,14,18,21,23H,2,5-8,11-12H2,1H3,(H,22,24). The molecule has 134 valence electrons. The van der Waals surface area contributed by atoms with Gasteiger partial charge in [0.05, 0.1) is 18.7 Å². The van der Waals surface area contributed by atoms with Gasteiger partial charge in [-0.2, -0.15) is 0 Å². The van der Waals surface area contributed by atoms with Gasteiger partial charge in [0.15, 0.2) is 0 Å². The molecule has 2 unspecified atom stereocenters. The zero-order valence-electron chi connectivity index (χ0n) is 14.7. The van der Waals surface area contributed by atoms with Gasteiger partial charge in [0.2, 0.25) is 0 Å². The van der Waals surface area contributed by atoms with Crippen molar-refractivity contribution < 1.29 is 9.84 Å². The van der Waals surface area contributed by atoms with Crippen molar-refractivity contribution in [1.29, 1.82) is 0 Å². The predicted octanol–water partition coefficient (Wildman–Crippen LogP) is 2.57. The van der Waals surface area contributed by atoms with E-state index in [0.29, 0.717) is 12.5 Å². The number of aliphatic hydroxyl groups excluding tert-OH is 1. The number of pyridine rings is 1. The van der Waals surface area contributed by atoms with E-state index in [1.807, 2.05) is 24.3 Å². The van der Waals surface area contributed by atoms with Crippen LogP contribution in [0.15, 0.2) is 29.1 Å². The van der Waals surface area contributed by atoms with E-state index in [4.69, 9.17) is 4.74 Å². The fraction of sp³-hybridized carbons (Fsp3) is 0.550. The zero-order valence-corrected chi connectivity index (χ0v) is 14.7. The maximum Gasteiger partial charge on any atom is 0.252 e. The maximum atomic E-state index is 12.3. The smallest absolute Gasteiger partial charge is 0.252 e. The molecule has 1 aromatic heterocycles. The molecule has 1 aromatic carbocycles. The number of ether oxygens (including phenoxy) is 1. The summed E-state index contributed by atoms with van der Waals surface area (Å²) in [5.74, 6) is 1.04. The van der Waals surface area contributed by atoms with Crippen LogP contribution in [-0.2, 0) is 6.54 Å². The molecule has 0 radical (unpaired) electrons. The number of hydrogen-bond donors (Lipinski definition) is 3. The van der Waals surface area contributed by atoms with Gasteiger partial charge < -0.3 is 20.1 Å². The van der Waals surface area contributed by atoms with Gasteiger partial charge in [-0.25, -0.2) is 0 Å². The molecule has 0 amide bonds. The molecule has 2 saturated carbocycles. The third kappa shape index (κ3) is 2.96. The molecular formula is C20H26N2O3. The highest BCUT2D eigenvalue weighted by molar-refractivity contribution is 5.80. The van der Waals surface area contributed by atoms with Gasteiger partial charge in [0.25, 0.3) is 5.56 Å². The number of benzene rings is 1. The topological polar surface area (TPSA) is 74.3 Å².